The third kappa shape index (κ3) is 4.28. The maximum Gasteiger partial charge on any atom is 0.260 e. The van der Waals surface area contributed by atoms with Gasteiger partial charge in [0.25, 0.3) is 5.91 Å². The van der Waals surface area contributed by atoms with Gasteiger partial charge < -0.3 is 15.4 Å². The Morgan fingerprint density at radius 3 is 2.72 bits per heavy atom. The predicted octanol–water partition coefficient (Wildman–Crippen LogP) is 2.29. The van der Waals surface area contributed by atoms with E-state index in [0.29, 0.717) is 11.4 Å². The van der Waals surface area contributed by atoms with Crippen LogP contribution in [-0.2, 0) is 4.79 Å². The van der Waals surface area contributed by atoms with Gasteiger partial charge in [-0.1, -0.05) is 13.0 Å². The van der Waals surface area contributed by atoms with Crippen molar-refractivity contribution < 1.29 is 9.53 Å². The summed E-state index contributed by atoms with van der Waals surface area (Å²) in [6.07, 6.45) is 0.947. The smallest absolute Gasteiger partial charge is 0.260 e. The highest BCUT2D eigenvalue weighted by molar-refractivity contribution is 5.78. The Morgan fingerprint density at radius 2 is 2.17 bits per heavy atom. The lowest BCUT2D eigenvalue weighted by Crippen LogP contribution is -2.40. The molecule has 0 radical (unpaired) electrons. The van der Waals surface area contributed by atoms with Crippen molar-refractivity contribution in [3.05, 3.63) is 24.3 Å². The summed E-state index contributed by atoms with van der Waals surface area (Å²) in [5, 5.41) is 0. The molecule has 0 saturated carbocycles. The Hall–Kier alpha value is -1.71. The average Bonchev–Trinajstić information content (AvgIpc) is 2.32. The van der Waals surface area contributed by atoms with Crippen LogP contribution in [0.4, 0.5) is 5.69 Å². The van der Waals surface area contributed by atoms with Crippen LogP contribution in [0.5, 0.6) is 5.75 Å². The number of rotatable bonds is 6. The Balaban J connectivity index is 2.54. The van der Waals surface area contributed by atoms with Crippen molar-refractivity contribution in [3.8, 4) is 5.75 Å². The van der Waals surface area contributed by atoms with E-state index in [1.54, 1.807) is 24.3 Å². The Labute approximate surface area is 109 Å². The van der Waals surface area contributed by atoms with Gasteiger partial charge in [0.2, 0.25) is 0 Å². The number of anilines is 1. The van der Waals surface area contributed by atoms with Crippen LogP contribution in [-0.4, -0.2) is 30.0 Å². The molecule has 0 atom stereocenters. The molecule has 4 heteroatoms. The second-order valence-electron chi connectivity index (χ2n) is 4.54. The van der Waals surface area contributed by atoms with E-state index in [0.717, 1.165) is 13.0 Å². The molecule has 0 spiro atoms. The van der Waals surface area contributed by atoms with Crippen molar-refractivity contribution in [1.29, 1.82) is 0 Å². The van der Waals surface area contributed by atoms with Gasteiger partial charge >= 0.3 is 0 Å². The fourth-order valence-electron chi connectivity index (χ4n) is 1.74. The molecule has 0 aliphatic rings. The molecular weight excluding hydrogens is 228 g/mol. The zero-order valence-corrected chi connectivity index (χ0v) is 11.3. The number of nitrogens with two attached hydrogens (primary N) is 1. The highest BCUT2D eigenvalue weighted by Gasteiger charge is 2.16. The van der Waals surface area contributed by atoms with Crippen LogP contribution in [0.2, 0.25) is 0 Å². The van der Waals surface area contributed by atoms with Crippen molar-refractivity contribution in [1.82, 2.24) is 4.90 Å². The second-order valence-corrected chi connectivity index (χ2v) is 4.54. The quantitative estimate of drug-likeness (QED) is 0.788. The summed E-state index contributed by atoms with van der Waals surface area (Å²) in [6.45, 7) is 6.89. The molecule has 100 valence electrons. The first kappa shape index (κ1) is 14.4. The minimum absolute atomic E-state index is 0.00859. The van der Waals surface area contributed by atoms with E-state index >= 15 is 0 Å². The normalized spacial score (nSPS) is 10.4. The first-order valence-electron chi connectivity index (χ1n) is 6.32. The summed E-state index contributed by atoms with van der Waals surface area (Å²) in [4.78, 5) is 13.8. The lowest BCUT2D eigenvalue weighted by atomic mass is 10.3. The molecule has 0 aliphatic heterocycles. The van der Waals surface area contributed by atoms with E-state index < -0.39 is 0 Å². The van der Waals surface area contributed by atoms with E-state index in [-0.39, 0.29) is 18.6 Å². The van der Waals surface area contributed by atoms with Crippen molar-refractivity contribution in [2.75, 3.05) is 18.9 Å². The lowest BCUT2D eigenvalue weighted by Gasteiger charge is -2.26. The Morgan fingerprint density at radius 1 is 1.44 bits per heavy atom. The van der Waals surface area contributed by atoms with Crippen molar-refractivity contribution in [2.24, 2.45) is 0 Å². The second kappa shape index (κ2) is 6.89. The Bertz CT molecular complexity index is 391. The summed E-state index contributed by atoms with van der Waals surface area (Å²) >= 11 is 0. The number of hydrogen-bond acceptors (Lipinski definition) is 3. The number of hydrogen-bond donors (Lipinski definition) is 1. The lowest BCUT2D eigenvalue weighted by molar-refractivity contribution is -0.135. The molecule has 0 unspecified atom stereocenters. The summed E-state index contributed by atoms with van der Waals surface area (Å²) in [5.74, 6) is 0.637. The first-order valence-corrected chi connectivity index (χ1v) is 6.32. The van der Waals surface area contributed by atoms with Crippen LogP contribution in [0.1, 0.15) is 27.2 Å². The average molecular weight is 250 g/mol. The summed E-state index contributed by atoms with van der Waals surface area (Å²) < 4.78 is 5.45. The van der Waals surface area contributed by atoms with E-state index in [1.807, 2.05) is 18.7 Å². The van der Waals surface area contributed by atoms with Gasteiger partial charge in [0.1, 0.15) is 5.75 Å². The molecule has 1 aromatic rings. The number of ether oxygens (including phenoxy) is 1. The van der Waals surface area contributed by atoms with Gasteiger partial charge in [-0.2, -0.15) is 0 Å². The van der Waals surface area contributed by atoms with Gasteiger partial charge in [-0.15, -0.1) is 0 Å². The van der Waals surface area contributed by atoms with E-state index in [2.05, 4.69) is 6.92 Å². The molecule has 18 heavy (non-hydrogen) atoms. The van der Waals surface area contributed by atoms with E-state index in [4.69, 9.17) is 10.5 Å². The topological polar surface area (TPSA) is 55.6 Å². The number of amides is 1. The molecule has 0 fully saturated rings. The number of nitrogens with zero attached hydrogens (tertiary/aromatic N) is 1. The number of carbonyl (C=O) groups is 1. The summed E-state index contributed by atoms with van der Waals surface area (Å²) in [5.41, 5.74) is 6.28. The highest BCUT2D eigenvalue weighted by atomic mass is 16.5. The third-order valence-electron chi connectivity index (χ3n) is 2.63. The third-order valence-corrected chi connectivity index (χ3v) is 2.63. The monoisotopic (exact) mass is 250 g/mol. The minimum Gasteiger partial charge on any atom is -0.484 e. The molecule has 0 saturated heterocycles. The maximum atomic E-state index is 12.0. The number of benzene rings is 1. The van der Waals surface area contributed by atoms with Crippen LogP contribution in [0, 0.1) is 0 Å². The van der Waals surface area contributed by atoms with Crippen LogP contribution in [0.3, 0.4) is 0 Å². The van der Waals surface area contributed by atoms with Gasteiger partial charge in [-0.25, -0.2) is 0 Å². The molecule has 1 rings (SSSR count). The number of carbonyl (C=O) groups excluding carboxylic acids is 1. The zero-order valence-electron chi connectivity index (χ0n) is 11.3. The van der Waals surface area contributed by atoms with Crippen LogP contribution >= 0.6 is 0 Å². The molecule has 0 aromatic heterocycles. The Kier molecular flexibility index (Phi) is 5.49. The summed E-state index contributed by atoms with van der Waals surface area (Å²) in [7, 11) is 0. The van der Waals surface area contributed by atoms with Gasteiger partial charge in [-0.05, 0) is 32.4 Å². The van der Waals surface area contributed by atoms with Gasteiger partial charge in [-0.3, -0.25) is 4.79 Å². The predicted molar refractivity (Wildman–Crippen MR) is 73.5 cm³/mol. The minimum atomic E-state index is 0.00859. The zero-order chi connectivity index (χ0) is 13.5. The first-order chi connectivity index (χ1) is 8.54. The van der Waals surface area contributed by atoms with Gasteiger partial charge in [0.05, 0.1) is 0 Å². The van der Waals surface area contributed by atoms with Crippen LogP contribution in [0.15, 0.2) is 24.3 Å². The van der Waals surface area contributed by atoms with Gasteiger partial charge in [0, 0.05) is 24.3 Å². The molecule has 0 aliphatic carbocycles. The molecule has 4 nitrogen and oxygen atoms in total. The standard InChI is InChI=1S/C14H22N2O2/c1-4-8-16(11(2)3)14(17)10-18-13-7-5-6-12(15)9-13/h5-7,9,11H,4,8,10,15H2,1-3H3. The van der Waals surface area contributed by atoms with Gasteiger partial charge in [0.15, 0.2) is 6.61 Å². The van der Waals surface area contributed by atoms with Crippen LogP contribution < -0.4 is 10.5 Å². The summed E-state index contributed by atoms with van der Waals surface area (Å²) in [6, 6.07) is 7.30. The molecule has 1 aromatic carbocycles. The highest BCUT2D eigenvalue weighted by Crippen LogP contribution is 2.14. The van der Waals surface area contributed by atoms with E-state index in [1.165, 1.54) is 0 Å². The maximum absolute atomic E-state index is 12.0. The fourth-order valence-corrected chi connectivity index (χ4v) is 1.74. The van der Waals surface area contributed by atoms with Crippen molar-refractivity contribution in [3.63, 3.8) is 0 Å². The fraction of sp³-hybridized carbons (Fsp3) is 0.500. The molecular formula is C14H22N2O2. The van der Waals surface area contributed by atoms with E-state index in [9.17, 15) is 4.79 Å². The molecule has 2 N–H and O–H groups in total. The molecule has 0 bridgehead atoms. The number of nitrogen functional groups attached to an aromatic ring is 1. The largest absolute Gasteiger partial charge is 0.484 e. The molecule has 1 amide bonds. The van der Waals surface area contributed by atoms with Crippen molar-refractivity contribution >= 4 is 11.6 Å². The van der Waals surface area contributed by atoms with Crippen molar-refractivity contribution in [2.45, 2.75) is 33.2 Å². The molecule has 0 heterocycles. The SMILES string of the molecule is CCCN(C(=O)COc1cccc(N)c1)C(C)C. The van der Waals surface area contributed by atoms with Crippen LogP contribution in [0.25, 0.3) is 0 Å².